The summed E-state index contributed by atoms with van der Waals surface area (Å²) in [7, 11) is 0. The third kappa shape index (κ3) is 3.58. The molecule has 0 saturated heterocycles. The Labute approximate surface area is 133 Å². The molecule has 2 aromatic rings. The van der Waals surface area contributed by atoms with Gasteiger partial charge in [-0.1, -0.05) is 45.9 Å². The average molecular weight is 350 g/mol. The Hall–Kier alpha value is -0.930. The van der Waals surface area contributed by atoms with Gasteiger partial charge in [-0.2, -0.15) is 0 Å². The van der Waals surface area contributed by atoms with Gasteiger partial charge in [0.2, 0.25) is 0 Å². The minimum absolute atomic E-state index is 0.482. The first-order valence-electron chi connectivity index (χ1n) is 6.91. The van der Waals surface area contributed by atoms with Gasteiger partial charge in [-0.15, -0.1) is 11.3 Å². The van der Waals surface area contributed by atoms with Crippen molar-refractivity contribution in [2.24, 2.45) is 4.99 Å². The molecule has 0 aliphatic carbocycles. The summed E-state index contributed by atoms with van der Waals surface area (Å²) in [6, 6.07) is 10.7. The van der Waals surface area contributed by atoms with Crippen LogP contribution in [-0.2, 0) is 0 Å². The van der Waals surface area contributed by atoms with Crippen LogP contribution in [0.1, 0.15) is 55.5 Å². The number of thiophene rings is 1. The fourth-order valence-corrected chi connectivity index (χ4v) is 3.48. The smallest absolute Gasteiger partial charge is 0.0705 e. The van der Waals surface area contributed by atoms with Crippen molar-refractivity contribution in [2.75, 3.05) is 0 Å². The molecule has 20 heavy (non-hydrogen) atoms. The van der Waals surface area contributed by atoms with E-state index in [0.29, 0.717) is 11.8 Å². The molecule has 0 N–H and O–H groups in total. The van der Waals surface area contributed by atoms with E-state index >= 15 is 0 Å². The van der Waals surface area contributed by atoms with Crippen LogP contribution in [0.4, 0.5) is 5.69 Å². The number of halogens is 1. The number of hydrogen-bond acceptors (Lipinski definition) is 2. The van der Waals surface area contributed by atoms with Crippen molar-refractivity contribution in [2.45, 2.75) is 39.5 Å². The zero-order valence-corrected chi connectivity index (χ0v) is 14.8. The molecule has 1 aromatic carbocycles. The monoisotopic (exact) mass is 349 g/mol. The molecule has 0 aliphatic rings. The molecule has 106 valence electrons. The Morgan fingerprint density at radius 2 is 1.60 bits per heavy atom. The summed E-state index contributed by atoms with van der Waals surface area (Å²) in [5.74, 6) is 0.965. The van der Waals surface area contributed by atoms with Crippen LogP contribution in [-0.4, -0.2) is 6.21 Å². The average Bonchev–Trinajstić information content (AvgIpc) is 2.81. The summed E-state index contributed by atoms with van der Waals surface area (Å²) >= 11 is 5.19. The maximum atomic E-state index is 4.80. The van der Waals surface area contributed by atoms with Crippen LogP contribution < -0.4 is 0 Å². The number of para-hydroxylation sites is 1. The van der Waals surface area contributed by atoms with E-state index < -0.39 is 0 Å². The number of nitrogens with zero attached hydrogens (tertiary/aromatic N) is 1. The van der Waals surface area contributed by atoms with Gasteiger partial charge in [0.25, 0.3) is 0 Å². The Balaban J connectivity index is 2.45. The van der Waals surface area contributed by atoms with E-state index in [4.69, 9.17) is 4.99 Å². The van der Waals surface area contributed by atoms with Crippen LogP contribution in [0.2, 0.25) is 0 Å². The molecule has 1 heterocycles. The molecule has 3 heteroatoms. The highest BCUT2D eigenvalue weighted by molar-refractivity contribution is 9.11. The zero-order chi connectivity index (χ0) is 14.7. The third-order valence-corrected chi connectivity index (χ3v) is 4.82. The fourth-order valence-electron chi connectivity index (χ4n) is 2.19. The highest BCUT2D eigenvalue weighted by atomic mass is 79.9. The first-order chi connectivity index (χ1) is 9.49. The van der Waals surface area contributed by atoms with Crippen LogP contribution in [0, 0.1) is 0 Å². The van der Waals surface area contributed by atoms with Crippen LogP contribution in [0.3, 0.4) is 0 Å². The van der Waals surface area contributed by atoms with Gasteiger partial charge < -0.3 is 0 Å². The highest BCUT2D eigenvalue weighted by Gasteiger charge is 2.12. The first-order valence-corrected chi connectivity index (χ1v) is 8.52. The Morgan fingerprint density at radius 3 is 2.05 bits per heavy atom. The lowest BCUT2D eigenvalue weighted by molar-refractivity contribution is 0.835. The van der Waals surface area contributed by atoms with Crippen molar-refractivity contribution in [1.82, 2.24) is 0 Å². The van der Waals surface area contributed by atoms with Gasteiger partial charge in [-0.3, -0.25) is 4.99 Å². The minimum Gasteiger partial charge on any atom is -0.255 e. The molecular formula is C17H20BrNS. The first kappa shape index (κ1) is 15.5. The lowest BCUT2D eigenvalue weighted by Gasteiger charge is -2.16. The summed E-state index contributed by atoms with van der Waals surface area (Å²) in [5.41, 5.74) is 3.79. The van der Waals surface area contributed by atoms with Crippen LogP contribution >= 0.6 is 27.3 Å². The van der Waals surface area contributed by atoms with Gasteiger partial charge in [0.1, 0.15) is 0 Å². The van der Waals surface area contributed by atoms with E-state index in [2.05, 4.69) is 74.0 Å². The van der Waals surface area contributed by atoms with E-state index in [9.17, 15) is 0 Å². The van der Waals surface area contributed by atoms with Gasteiger partial charge in [-0.25, -0.2) is 0 Å². The number of hydrogen-bond donors (Lipinski definition) is 0. The lowest BCUT2D eigenvalue weighted by Crippen LogP contribution is -1.95. The second kappa shape index (κ2) is 6.68. The molecule has 0 radical (unpaired) electrons. The zero-order valence-electron chi connectivity index (χ0n) is 12.4. The Kier molecular flexibility index (Phi) is 5.17. The van der Waals surface area contributed by atoms with Crippen molar-refractivity contribution >= 4 is 39.2 Å². The van der Waals surface area contributed by atoms with Crippen molar-refractivity contribution in [1.29, 1.82) is 0 Å². The number of benzene rings is 1. The lowest BCUT2D eigenvalue weighted by atomic mass is 9.93. The van der Waals surface area contributed by atoms with E-state index in [1.807, 2.05) is 6.21 Å². The van der Waals surface area contributed by atoms with Crippen molar-refractivity contribution in [3.8, 4) is 0 Å². The van der Waals surface area contributed by atoms with Crippen LogP contribution in [0.5, 0.6) is 0 Å². The maximum Gasteiger partial charge on any atom is 0.0705 e. The largest absolute Gasteiger partial charge is 0.255 e. The summed E-state index contributed by atoms with van der Waals surface area (Å²) in [5, 5.41) is 0. The molecule has 0 fully saturated rings. The minimum atomic E-state index is 0.482. The van der Waals surface area contributed by atoms with Crippen molar-refractivity contribution in [3.63, 3.8) is 0 Å². The van der Waals surface area contributed by atoms with Crippen LogP contribution in [0.25, 0.3) is 0 Å². The summed E-state index contributed by atoms with van der Waals surface area (Å²) < 4.78 is 1.14. The van der Waals surface area contributed by atoms with E-state index in [1.165, 1.54) is 16.0 Å². The predicted octanol–water partition coefficient (Wildman–Crippen LogP) is 6.51. The molecule has 0 atom stereocenters. The summed E-state index contributed by atoms with van der Waals surface area (Å²) in [6.07, 6.45) is 1.97. The molecule has 0 spiro atoms. The molecule has 1 nitrogen and oxygen atoms in total. The summed E-state index contributed by atoms with van der Waals surface area (Å²) in [4.78, 5) is 5.97. The summed E-state index contributed by atoms with van der Waals surface area (Å²) in [6.45, 7) is 8.89. The topological polar surface area (TPSA) is 12.4 Å². The highest BCUT2D eigenvalue weighted by Crippen LogP contribution is 2.34. The molecule has 0 bridgehead atoms. The SMILES string of the molecule is CC(C)c1cccc(C(C)C)c1/N=C/c1ccc(Br)s1. The maximum absolute atomic E-state index is 4.80. The molecule has 1 aromatic heterocycles. The standard InChI is InChI=1S/C17H20BrNS/c1-11(2)14-6-5-7-15(12(3)4)17(14)19-10-13-8-9-16(18)20-13/h5-12H,1-4H3/b19-10+. The normalized spacial score (nSPS) is 11.9. The van der Waals surface area contributed by atoms with Gasteiger partial charge in [0, 0.05) is 11.1 Å². The quantitative estimate of drug-likeness (QED) is 0.558. The van der Waals surface area contributed by atoms with Gasteiger partial charge in [-0.05, 0) is 51.0 Å². The molecule has 0 amide bonds. The fraction of sp³-hybridized carbons (Fsp3) is 0.353. The molecule has 2 rings (SSSR count). The Morgan fingerprint density at radius 1 is 1.00 bits per heavy atom. The van der Waals surface area contributed by atoms with Gasteiger partial charge in [0.15, 0.2) is 0 Å². The van der Waals surface area contributed by atoms with Gasteiger partial charge >= 0.3 is 0 Å². The Bertz CT molecular complexity index is 585. The van der Waals surface area contributed by atoms with Gasteiger partial charge in [0.05, 0.1) is 9.47 Å². The van der Waals surface area contributed by atoms with Crippen molar-refractivity contribution < 1.29 is 0 Å². The van der Waals surface area contributed by atoms with E-state index in [0.717, 1.165) is 9.47 Å². The molecule has 0 aliphatic heterocycles. The number of aliphatic imine (C=N–C) groups is 1. The predicted molar refractivity (Wildman–Crippen MR) is 93.9 cm³/mol. The molecule has 0 unspecified atom stereocenters. The molecular weight excluding hydrogens is 330 g/mol. The third-order valence-electron chi connectivity index (χ3n) is 3.26. The van der Waals surface area contributed by atoms with E-state index in [1.54, 1.807) is 11.3 Å². The van der Waals surface area contributed by atoms with Crippen molar-refractivity contribution in [3.05, 3.63) is 50.1 Å². The van der Waals surface area contributed by atoms with E-state index in [-0.39, 0.29) is 0 Å². The number of rotatable bonds is 4. The van der Waals surface area contributed by atoms with Crippen LogP contribution in [0.15, 0.2) is 39.1 Å². The second-order valence-corrected chi connectivity index (χ2v) is 7.99. The second-order valence-electron chi connectivity index (χ2n) is 5.49. The molecule has 0 saturated carbocycles.